The van der Waals surface area contributed by atoms with E-state index in [-0.39, 0.29) is 11.8 Å². The van der Waals surface area contributed by atoms with Crippen molar-refractivity contribution in [2.45, 2.75) is 38.3 Å². The summed E-state index contributed by atoms with van der Waals surface area (Å²) < 4.78 is 0. The Kier molecular flexibility index (Phi) is 3.12. The van der Waals surface area contributed by atoms with Gasteiger partial charge in [-0.2, -0.15) is 0 Å². The van der Waals surface area contributed by atoms with E-state index in [1.807, 2.05) is 37.3 Å². The molecule has 2 atom stereocenters. The molecular weight excluding hydrogens is 240 g/mol. The molecule has 1 aromatic rings. The minimum atomic E-state index is -0.951. The number of piperazine rings is 1. The van der Waals surface area contributed by atoms with Gasteiger partial charge in [0.25, 0.3) is 5.91 Å². The fraction of sp³-hybridized carbons (Fsp3) is 0.467. The predicted molar refractivity (Wildman–Crippen MR) is 73.4 cm³/mol. The second-order valence-corrected chi connectivity index (χ2v) is 5.44. The average molecular weight is 260 g/mol. The molecule has 0 bridgehead atoms. The lowest BCUT2D eigenvalue weighted by Gasteiger charge is -2.48. The minimum Gasteiger partial charge on any atom is -0.340 e. The van der Waals surface area contributed by atoms with Crippen molar-refractivity contribution in [3.63, 3.8) is 0 Å². The Morgan fingerprint density at radius 2 is 1.74 bits per heavy atom. The highest BCUT2D eigenvalue weighted by Gasteiger charge is 2.53. The van der Waals surface area contributed by atoms with Gasteiger partial charge in [-0.1, -0.05) is 37.3 Å². The third-order valence-corrected chi connectivity index (χ3v) is 4.32. The van der Waals surface area contributed by atoms with Crippen molar-refractivity contribution in [2.75, 3.05) is 7.05 Å². The van der Waals surface area contributed by atoms with E-state index >= 15 is 0 Å². The fourth-order valence-corrected chi connectivity index (χ4v) is 2.48. The van der Waals surface area contributed by atoms with Crippen LogP contribution in [0, 0.1) is 0 Å². The number of amides is 2. The molecule has 1 aliphatic heterocycles. The van der Waals surface area contributed by atoms with Crippen molar-refractivity contribution in [3.8, 4) is 0 Å². The number of benzene rings is 1. The van der Waals surface area contributed by atoms with Gasteiger partial charge in [-0.05, 0) is 25.8 Å². The van der Waals surface area contributed by atoms with Crippen LogP contribution in [0.1, 0.15) is 32.8 Å². The molecule has 1 saturated heterocycles. The summed E-state index contributed by atoms with van der Waals surface area (Å²) >= 11 is 0. The van der Waals surface area contributed by atoms with E-state index in [1.54, 1.807) is 25.8 Å². The van der Waals surface area contributed by atoms with E-state index in [0.29, 0.717) is 6.42 Å². The Morgan fingerprint density at radius 3 is 2.26 bits per heavy atom. The predicted octanol–water partition coefficient (Wildman–Crippen LogP) is 1.66. The van der Waals surface area contributed by atoms with Crippen LogP contribution in [-0.4, -0.2) is 29.3 Å². The molecule has 0 aliphatic carbocycles. The van der Waals surface area contributed by atoms with Crippen molar-refractivity contribution < 1.29 is 9.59 Å². The minimum absolute atomic E-state index is 0.0547. The van der Waals surface area contributed by atoms with Gasteiger partial charge in [0, 0.05) is 7.05 Å². The molecule has 0 aromatic heterocycles. The molecule has 4 heteroatoms. The topological polar surface area (TPSA) is 49.4 Å². The van der Waals surface area contributed by atoms with Gasteiger partial charge in [-0.3, -0.25) is 9.59 Å². The molecule has 1 heterocycles. The van der Waals surface area contributed by atoms with Gasteiger partial charge in [0.2, 0.25) is 5.91 Å². The number of nitrogens with zero attached hydrogens (tertiary/aromatic N) is 1. The molecular formula is C15H20N2O2. The number of carbonyl (C=O) groups is 2. The molecule has 2 rings (SSSR count). The first-order chi connectivity index (χ1) is 8.86. The summed E-state index contributed by atoms with van der Waals surface area (Å²) in [5.74, 6) is -0.189. The lowest BCUT2D eigenvalue weighted by molar-refractivity contribution is -0.160. The maximum absolute atomic E-state index is 12.5. The summed E-state index contributed by atoms with van der Waals surface area (Å²) in [6.45, 7) is 5.45. The zero-order valence-electron chi connectivity index (χ0n) is 11.9. The van der Waals surface area contributed by atoms with Gasteiger partial charge in [0.05, 0.1) is 0 Å². The van der Waals surface area contributed by atoms with Gasteiger partial charge in [0.1, 0.15) is 11.1 Å². The number of rotatable bonds is 2. The highest BCUT2D eigenvalue weighted by Crippen LogP contribution is 2.34. The van der Waals surface area contributed by atoms with Gasteiger partial charge >= 0.3 is 0 Å². The van der Waals surface area contributed by atoms with Crippen LogP contribution in [0.5, 0.6) is 0 Å². The second-order valence-electron chi connectivity index (χ2n) is 5.44. The maximum Gasteiger partial charge on any atom is 0.251 e. The lowest BCUT2D eigenvalue weighted by Crippen LogP contribution is -2.71. The quantitative estimate of drug-likeness (QED) is 0.879. The zero-order chi connectivity index (χ0) is 14.3. The Hall–Kier alpha value is -1.84. The van der Waals surface area contributed by atoms with Gasteiger partial charge < -0.3 is 10.2 Å². The fourth-order valence-electron chi connectivity index (χ4n) is 2.48. The van der Waals surface area contributed by atoms with Crippen molar-refractivity contribution >= 4 is 11.8 Å². The first-order valence-corrected chi connectivity index (χ1v) is 6.52. The third-order valence-electron chi connectivity index (χ3n) is 4.32. The smallest absolute Gasteiger partial charge is 0.251 e. The average Bonchev–Trinajstić information content (AvgIpc) is 2.44. The van der Waals surface area contributed by atoms with Crippen LogP contribution in [-0.2, 0) is 15.1 Å². The molecule has 1 aliphatic rings. The van der Waals surface area contributed by atoms with E-state index in [1.165, 1.54) is 0 Å². The summed E-state index contributed by atoms with van der Waals surface area (Å²) in [5, 5.41) is 2.88. The van der Waals surface area contributed by atoms with Crippen LogP contribution in [0.4, 0.5) is 0 Å². The van der Waals surface area contributed by atoms with Crippen LogP contribution < -0.4 is 5.32 Å². The molecule has 0 radical (unpaired) electrons. The summed E-state index contributed by atoms with van der Waals surface area (Å²) in [4.78, 5) is 26.6. The molecule has 19 heavy (non-hydrogen) atoms. The molecule has 0 saturated carbocycles. The van der Waals surface area contributed by atoms with Gasteiger partial charge in [0.15, 0.2) is 0 Å². The van der Waals surface area contributed by atoms with E-state index < -0.39 is 11.1 Å². The first-order valence-electron chi connectivity index (χ1n) is 6.52. The van der Waals surface area contributed by atoms with Crippen molar-refractivity contribution in [3.05, 3.63) is 35.9 Å². The number of nitrogens with one attached hydrogen (secondary N) is 1. The van der Waals surface area contributed by atoms with E-state index in [9.17, 15) is 9.59 Å². The summed E-state index contributed by atoms with van der Waals surface area (Å²) in [7, 11) is 1.70. The maximum atomic E-state index is 12.5. The lowest BCUT2D eigenvalue weighted by atomic mass is 9.82. The summed E-state index contributed by atoms with van der Waals surface area (Å²) in [6, 6.07) is 9.39. The number of hydrogen-bond donors (Lipinski definition) is 1. The second kappa shape index (κ2) is 4.37. The van der Waals surface area contributed by atoms with Crippen molar-refractivity contribution in [1.82, 2.24) is 10.2 Å². The number of hydrogen-bond acceptors (Lipinski definition) is 2. The van der Waals surface area contributed by atoms with Crippen molar-refractivity contribution in [1.29, 1.82) is 0 Å². The van der Waals surface area contributed by atoms with Crippen LogP contribution >= 0.6 is 0 Å². The number of likely N-dealkylation sites (N-methyl/N-ethyl adjacent to an activating group) is 1. The van der Waals surface area contributed by atoms with E-state index in [0.717, 1.165) is 5.56 Å². The molecule has 1 N–H and O–H groups in total. The Morgan fingerprint density at radius 1 is 1.16 bits per heavy atom. The number of carbonyl (C=O) groups excluding carboxylic acids is 2. The molecule has 2 amide bonds. The largest absolute Gasteiger partial charge is 0.340 e. The van der Waals surface area contributed by atoms with Crippen LogP contribution in [0.15, 0.2) is 30.3 Å². The molecule has 1 aromatic carbocycles. The zero-order valence-corrected chi connectivity index (χ0v) is 11.9. The van der Waals surface area contributed by atoms with Gasteiger partial charge in [-0.15, -0.1) is 0 Å². The van der Waals surface area contributed by atoms with Gasteiger partial charge in [-0.25, -0.2) is 0 Å². The standard InChI is InChI=1S/C15H20N2O2/c1-5-14(2)13(19)17(4)15(3,12(18)16-14)11-9-7-6-8-10-11/h6-10H,5H2,1-4H3,(H,16,18). The highest BCUT2D eigenvalue weighted by atomic mass is 16.2. The molecule has 0 spiro atoms. The van der Waals surface area contributed by atoms with Crippen LogP contribution in [0.3, 0.4) is 0 Å². The Labute approximate surface area is 113 Å². The molecule has 102 valence electrons. The summed E-state index contributed by atoms with van der Waals surface area (Å²) in [5.41, 5.74) is -0.936. The Bertz CT molecular complexity index is 514. The van der Waals surface area contributed by atoms with Crippen molar-refractivity contribution in [2.24, 2.45) is 0 Å². The SMILES string of the molecule is CCC1(C)NC(=O)C(C)(c2ccccc2)N(C)C1=O. The normalized spacial score (nSPS) is 31.3. The van der Waals surface area contributed by atoms with Crippen LogP contribution in [0.25, 0.3) is 0 Å². The van der Waals surface area contributed by atoms with E-state index in [4.69, 9.17) is 0 Å². The first kappa shape index (κ1) is 13.6. The summed E-state index contributed by atoms with van der Waals surface area (Å²) in [6.07, 6.45) is 0.576. The molecule has 1 fully saturated rings. The van der Waals surface area contributed by atoms with Crippen LogP contribution in [0.2, 0.25) is 0 Å². The highest BCUT2D eigenvalue weighted by molar-refractivity contribution is 6.02. The third kappa shape index (κ3) is 1.82. The Balaban J connectivity index is 2.49. The van der Waals surface area contributed by atoms with E-state index in [2.05, 4.69) is 5.32 Å². The monoisotopic (exact) mass is 260 g/mol. The molecule has 4 nitrogen and oxygen atoms in total. The molecule has 2 unspecified atom stereocenters.